The second-order valence-corrected chi connectivity index (χ2v) is 7.25. The maximum absolute atomic E-state index is 13.6. The van der Waals surface area contributed by atoms with E-state index in [-0.39, 0.29) is 10.6 Å². The van der Waals surface area contributed by atoms with Gasteiger partial charge >= 0.3 is 12.1 Å². The molecule has 148 valence electrons. The quantitative estimate of drug-likeness (QED) is 0.240. The van der Waals surface area contributed by atoms with Crippen molar-refractivity contribution in [1.29, 1.82) is 0 Å². The van der Waals surface area contributed by atoms with Gasteiger partial charge < -0.3 is 4.74 Å². The molecule has 2 aromatic heterocycles. The van der Waals surface area contributed by atoms with Crippen LogP contribution in [0.25, 0.3) is 15.9 Å². The molecule has 0 N–H and O–H groups in total. The Morgan fingerprint density at radius 2 is 1.86 bits per heavy atom. The van der Waals surface area contributed by atoms with E-state index in [1.54, 1.807) is 25.1 Å². The van der Waals surface area contributed by atoms with Crippen LogP contribution < -0.4 is 4.74 Å². The smallest absolute Gasteiger partial charge is 0.416 e. The van der Waals surface area contributed by atoms with E-state index in [0.29, 0.717) is 21.6 Å². The zero-order valence-corrected chi connectivity index (χ0v) is 15.6. The second kappa shape index (κ2) is 7.00. The largest absolute Gasteiger partial charge is 0.422 e. The normalized spacial score (nSPS) is 11.8. The predicted molar refractivity (Wildman–Crippen MR) is 100 cm³/mol. The molecular weight excluding hydrogens is 408 g/mol. The van der Waals surface area contributed by atoms with E-state index in [4.69, 9.17) is 4.74 Å². The molecule has 29 heavy (non-hydrogen) atoms. The maximum Gasteiger partial charge on any atom is 0.416 e. The fourth-order valence-corrected chi connectivity index (χ4v) is 3.88. The Morgan fingerprint density at radius 3 is 2.59 bits per heavy atom. The third kappa shape index (κ3) is 3.73. The van der Waals surface area contributed by atoms with Crippen LogP contribution in [0.3, 0.4) is 0 Å². The number of halogens is 4. The fraction of sp³-hybridized carbons (Fsp3) is 0.100. The summed E-state index contributed by atoms with van der Waals surface area (Å²) in [5.41, 5.74) is 0.207. The molecule has 0 bridgehead atoms. The monoisotopic (exact) mass is 420 g/mol. The summed E-state index contributed by atoms with van der Waals surface area (Å²) in [6.45, 7) is 1.74. The van der Waals surface area contributed by atoms with Gasteiger partial charge in [-0.15, -0.1) is 11.3 Å². The van der Waals surface area contributed by atoms with Gasteiger partial charge in [-0.05, 0) is 49.4 Å². The standard InChI is InChI=1S/C20H12F4N2O2S/c1-11-16-10-17(19(27)28-15-7-2-4-12(8-15)20(22,23)24)29-18(16)26(25-11)14-6-3-5-13(21)9-14/h2-10H,1H3. The molecule has 0 atom stereocenters. The first kappa shape index (κ1) is 19.1. The highest BCUT2D eigenvalue weighted by molar-refractivity contribution is 7.20. The zero-order chi connectivity index (χ0) is 20.8. The van der Waals surface area contributed by atoms with Gasteiger partial charge in [0.1, 0.15) is 21.3 Å². The molecule has 0 aliphatic carbocycles. The lowest BCUT2D eigenvalue weighted by molar-refractivity contribution is -0.137. The molecule has 0 saturated heterocycles. The van der Waals surface area contributed by atoms with Gasteiger partial charge in [0.05, 0.1) is 16.9 Å². The van der Waals surface area contributed by atoms with Crippen molar-refractivity contribution in [2.45, 2.75) is 13.1 Å². The van der Waals surface area contributed by atoms with Gasteiger partial charge in [0.15, 0.2) is 0 Å². The Kier molecular flexibility index (Phi) is 4.62. The van der Waals surface area contributed by atoms with E-state index in [1.807, 2.05) is 0 Å². The van der Waals surface area contributed by atoms with Gasteiger partial charge in [-0.1, -0.05) is 12.1 Å². The summed E-state index contributed by atoms with van der Waals surface area (Å²) in [4.78, 5) is 13.3. The van der Waals surface area contributed by atoms with Crippen LogP contribution in [0.4, 0.5) is 17.6 Å². The molecule has 0 amide bonds. The number of alkyl halides is 3. The molecule has 2 heterocycles. The lowest BCUT2D eigenvalue weighted by Gasteiger charge is -2.08. The molecule has 4 rings (SSSR count). The Balaban J connectivity index is 1.67. The third-order valence-electron chi connectivity index (χ3n) is 4.17. The van der Waals surface area contributed by atoms with Crippen molar-refractivity contribution in [1.82, 2.24) is 9.78 Å². The number of fused-ring (bicyclic) bond motifs is 1. The highest BCUT2D eigenvalue weighted by Gasteiger charge is 2.31. The first-order valence-electron chi connectivity index (χ1n) is 8.37. The van der Waals surface area contributed by atoms with Crippen LogP contribution in [0.5, 0.6) is 5.75 Å². The number of rotatable bonds is 3. The van der Waals surface area contributed by atoms with E-state index in [2.05, 4.69) is 5.10 Å². The fourth-order valence-electron chi connectivity index (χ4n) is 2.82. The van der Waals surface area contributed by atoms with Gasteiger partial charge in [0.25, 0.3) is 0 Å². The van der Waals surface area contributed by atoms with Crippen LogP contribution in [-0.4, -0.2) is 15.7 Å². The lowest BCUT2D eigenvalue weighted by atomic mass is 10.2. The Morgan fingerprint density at radius 1 is 1.10 bits per heavy atom. The van der Waals surface area contributed by atoms with Crippen LogP contribution in [-0.2, 0) is 6.18 Å². The van der Waals surface area contributed by atoms with Crippen LogP contribution in [0.15, 0.2) is 54.6 Å². The number of hydrogen-bond acceptors (Lipinski definition) is 4. The summed E-state index contributed by atoms with van der Waals surface area (Å²) in [5.74, 6) is -1.41. The zero-order valence-electron chi connectivity index (χ0n) is 14.8. The molecular formula is C20H12F4N2O2S. The SMILES string of the molecule is Cc1nn(-c2cccc(F)c2)c2sc(C(=O)Oc3cccc(C(F)(F)F)c3)cc12. The summed E-state index contributed by atoms with van der Waals surface area (Å²) in [5, 5.41) is 5.04. The van der Waals surface area contributed by atoms with Crippen molar-refractivity contribution in [3.63, 3.8) is 0 Å². The molecule has 2 aromatic carbocycles. The van der Waals surface area contributed by atoms with Crippen LogP contribution in [0, 0.1) is 12.7 Å². The summed E-state index contributed by atoms with van der Waals surface area (Å²) in [6.07, 6.45) is -4.54. The molecule has 0 saturated carbocycles. The summed E-state index contributed by atoms with van der Waals surface area (Å²) >= 11 is 1.06. The molecule has 0 unspecified atom stereocenters. The molecule has 0 aliphatic heterocycles. The minimum absolute atomic E-state index is 0.197. The average molecular weight is 420 g/mol. The minimum atomic E-state index is -4.54. The van der Waals surface area contributed by atoms with E-state index in [1.165, 1.54) is 28.9 Å². The minimum Gasteiger partial charge on any atom is -0.422 e. The van der Waals surface area contributed by atoms with Gasteiger partial charge in [-0.25, -0.2) is 13.9 Å². The number of nitrogens with zero attached hydrogens (tertiary/aromatic N) is 2. The third-order valence-corrected chi connectivity index (χ3v) is 5.26. The second-order valence-electron chi connectivity index (χ2n) is 6.22. The van der Waals surface area contributed by atoms with Crippen molar-refractivity contribution in [2.24, 2.45) is 0 Å². The number of aryl methyl sites for hydroxylation is 1. The number of carbonyl (C=O) groups excluding carboxylic acids is 1. The number of esters is 1. The topological polar surface area (TPSA) is 44.1 Å². The summed E-state index contributed by atoms with van der Waals surface area (Å²) in [6, 6.07) is 11.5. The van der Waals surface area contributed by atoms with Gasteiger partial charge in [0, 0.05) is 5.39 Å². The van der Waals surface area contributed by atoms with Gasteiger partial charge in [-0.3, -0.25) is 0 Å². The molecule has 4 aromatic rings. The van der Waals surface area contributed by atoms with Gasteiger partial charge in [0.2, 0.25) is 0 Å². The molecule has 0 radical (unpaired) electrons. The molecule has 0 spiro atoms. The highest BCUT2D eigenvalue weighted by Crippen LogP contribution is 2.33. The van der Waals surface area contributed by atoms with Crippen LogP contribution in [0.2, 0.25) is 0 Å². The number of carbonyl (C=O) groups is 1. The van der Waals surface area contributed by atoms with E-state index in [0.717, 1.165) is 23.5 Å². The number of hydrogen-bond donors (Lipinski definition) is 0. The summed E-state index contributed by atoms with van der Waals surface area (Å²) in [7, 11) is 0. The molecule has 9 heteroatoms. The van der Waals surface area contributed by atoms with Crippen molar-refractivity contribution < 1.29 is 27.1 Å². The van der Waals surface area contributed by atoms with E-state index >= 15 is 0 Å². The van der Waals surface area contributed by atoms with Crippen molar-refractivity contribution in [2.75, 3.05) is 0 Å². The molecule has 0 aliphatic rings. The Labute approximate surface area is 166 Å². The number of thiophene rings is 1. The van der Waals surface area contributed by atoms with Crippen LogP contribution >= 0.6 is 11.3 Å². The first-order valence-corrected chi connectivity index (χ1v) is 9.18. The average Bonchev–Trinajstić information content (AvgIpc) is 3.22. The molecule has 4 nitrogen and oxygen atoms in total. The Hall–Kier alpha value is -3.20. The highest BCUT2D eigenvalue weighted by atomic mass is 32.1. The van der Waals surface area contributed by atoms with Gasteiger partial charge in [-0.2, -0.15) is 18.3 Å². The molecule has 0 fully saturated rings. The van der Waals surface area contributed by atoms with Crippen molar-refractivity contribution in [3.05, 3.63) is 76.5 Å². The van der Waals surface area contributed by atoms with E-state index < -0.39 is 23.5 Å². The first-order chi connectivity index (χ1) is 13.7. The lowest BCUT2D eigenvalue weighted by Crippen LogP contribution is -2.09. The van der Waals surface area contributed by atoms with Crippen molar-refractivity contribution in [3.8, 4) is 11.4 Å². The van der Waals surface area contributed by atoms with E-state index in [9.17, 15) is 22.4 Å². The van der Waals surface area contributed by atoms with Crippen molar-refractivity contribution >= 4 is 27.5 Å². The Bertz CT molecular complexity index is 1230. The summed E-state index contributed by atoms with van der Waals surface area (Å²) < 4.78 is 58.7. The number of ether oxygens (including phenoxy) is 1. The predicted octanol–water partition coefficient (Wildman–Crippen LogP) is 5.77. The van der Waals surface area contributed by atoms with Crippen LogP contribution in [0.1, 0.15) is 20.9 Å². The number of benzene rings is 2. The maximum atomic E-state index is 13.6. The number of aromatic nitrogens is 2.